The summed E-state index contributed by atoms with van der Waals surface area (Å²) in [5, 5.41) is 31.7. The van der Waals surface area contributed by atoms with Gasteiger partial charge < -0.3 is 60.2 Å². The number of aromatic nitrogens is 2. The van der Waals surface area contributed by atoms with Gasteiger partial charge in [-0.05, 0) is 62.1 Å². The fraction of sp³-hybridized carbons (Fsp3) is 0.415. The van der Waals surface area contributed by atoms with Crippen LogP contribution in [0, 0.1) is 10.8 Å². The van der Waals surface area contributed by atoms with Gasteiger partial charge in [0.15, 0.2) is 11.9 Å². The van der Waals surface area contributed by atoms with Crippen molar-refractivity contribution in [3.63, 3.8) is 0 Å². The van der Waals surface area contributed by atoms with Crippen molar-refractivity contribution < 1.29 is 55.1 Å². The molecule has 0 radical (unpaired) electrons. The van der Waals surface area contributed by atoms with E-state index in [0.29, 0.717) is 37.1 Å². The average Bonchev–Trinajstić information content (AvgIpc) is 3.28. The van der Waals surface area contributed by atoms with Gasteiger partial charge in [-0.25, -0.2) is 9.97 Å². The lowest BCUT2D eigenvalue weighted by atomic mass is 10.1. The van der Waals surface area contributed by atoms with E-state index < -0.39 is 75.8 Å². The maximum atomic E-state index is 14.3. The Morgan fingerprint density at radius 2 is 0.957 bits per heavy atom. The first-order chi connectivity index (χ1) is 33.0. The Bertz CT molecular complexity index is 2220. The summed E-state index contributed by atoms with van der Waals surface area (Å²) < 4.78 is 85.9. The molecule has 0 fully saturated rings. The number of benzene rings is 2. The first-order valence-electron chi connectivity index (χ1n) is 21.2. The zero-order valence-corrected chi connectivity index (χ0v) is 38.9. The van der Waals surface area contributed by atoms with Gasteiger partial charge in [-0.1, -0.05) is 0 Å². The van der Waals surface area contributed by atoms with E-state index in [9.17, 15) is 55.1 Å². The number of ketones is 1. The molecule has 0 aliphatic heterocycles. The molecule has 0 aliphatic carbocycles. The minimum atomic E-state index is -5.00. The van der Waals surface area contributed by atoms with Crippen molar-refractivity contribution in [2.45, 2.75) is 73.5 Å². The van der Waals surface area contributed by atoms with Crippen LogP contribution in [0.25, 0.3) is 0 Å². The van der Waals surface area contributed by atoms with E-state index in [1.165, 1.54) is 0 Å². The molecule has 0 spiro atoms. The SMILES string of the molecule is N=C(N)NCCCCC(=O)Nc1cc(C(F)(F)F)cc(NC(=O)c2cc(C(=O)Nc3cc(C(F)(F)F)cc(NC(=O)CCCCNC(=N)N)c3SCCNC(=O)CN)ncn2)c1SCCCC(=O)CN. The molecular formula is C41H53F6N15O6S2. The van der Waals surface area contributed by atoms with Crippen LogP contribution in [0.4, 0.5) is 49.1 Å². The number of carbonyl (C=O) groups is 6. The van der Waals surface area contributed by atoms with Crippen LogP contribution < -0.4 is 60.2 Å². The molecule has 3 aromatic rings. The van der Waals surface area contributed by atoms with E-state index >= 15 is 0 Å². The molecule has 1 heterocycles. The number of nitrogens with one attached hydrogen (secondary N) is 9. The number of rotatable bonds is 27. The van der Waals surface area contributed by atoms with Crippen molar-refractivity contribution in [1.29, 1.82) is 10.8 Å². The molecule has 0 unspecified atom stereocenters. The number of halogens is 6. The number of thioether (sulfide) groups is 2. The van der Waals surface area contributed by atoms with Crippen molar-refractivity contribution in [3.05, 3.63) is 59.2 Å². The Hall–Kier alpha value is -6.72. The van der Waals surface area contributed by atoms with Gasteiger partial charge in [-0.2, -0.15) is 26.3 Å². The Kier molecular flexibility index (Phi) is 23.1. The number of guanidine groups is 2. The number of Topliss-reactive ketones (excluding diaryl/α,β-unsaturated/α-hetero) is 1. The lowest BCUT2D eigenvalue weighted by Crippen LogP contribution is -2.31. The molecule has 1 aromatic heterocycles. The summed E-state index contributed by atoms with van der Waals surface area (Å²) in [5.74, 6) is -5.03. The van der Waals surface area contributed by atoms with Gasteiger partial charge in [0.2, 0.25) is 17.7 Å². The van der Waals surface area contributed by atoms with E-state index in [-0.39, 0.29) is 122 Å². The van der Waals surface area contributed by atoms with Gasteiger partial charge in [0.1, 0.15) is 23.5 Å². The highest BCUT2D eigenvalue weighted by molar-refractivity contribution is 7.99. The van der Waals surface area contributed by atoms with Crippen LogP contribution >= 0.6 is 23.5 Å². The van der Waals surface area contributed by atoms with Gasteiger partial charge >= 0.3 is 12.4 Å². The number of hydrogen-bond donors (Lipinski definition) is 13. The van der Waals surface area contributed by atoms with Crippen LogP contribution in [0.15, 0.2) is 46.5 Å². The molecule has 29 heteroatoms. The zero-order chi connectivity index (χ0) is 52.0. The summed E-state index contributed by atoms with van der Waals surface area (Å²) in [5.41, 5.74) is 15.9. The van der Waals surface area contributed by atoms with E-state index in [2.05, 4.69) is 47.2 Å². The molecule has 70 heavy (non-hydrogen) atoms. The highest BCUT2D eigenvalue weighted by atomic mass is 32.2. The number of anilines is 4. The minimum Gasteiger partial charge on any atom is -0.370 e. The van der Waals surface area contributed by atoms with Crippen LogP contribution in [0.2, 0.25) is 0 Å². The first kappa shape index (κ1) is 57.6. The third-order valence-corrected chi connectivity index (χ3v) is 11.6. The molecule has 0 saturated carbocycles. The number of unbranched alkanes of at least 4 members (excludes halogenated alkanes) is 2. The fourth-order valence-corrected chi connectivity index (χ4v) is 7.86. The van der Waals surface area contributed by atoms with Crippen molar-refractivity contribution in [3.8, 4) is 0 Å². The Labute approximate surface area is 405 Å². The highest BCUT2D eigenvalue weighted by Gasteiger charge is 2.35. The predicted octanol–water partition coefficient (Wildman–Crippen LogP) is 3.77. The smallest absolute Gasteiger partial charge is 0.370 e. The molecule has 5 amide bonds. The number of nitrogens with two attached hydrogens (primary N) is 4. The van der Waals surface area contributed by atoms with Crippen LogP contribution in [-0.4, -0.2) is 101 Å². The molecule has 0 aliphatic rings. The summed E-state index contributed by atoms with van der Waals surface area (Å²) in [4.78, 5) is 84.8. The fourth-order valence-electron chi connectivity index (χ4n) is 5.90. The van der Waals surface area contributed by atoms with E-state index in [0.717, 1.165) is 35.9 Å². The molecule has 0 bridgehead atoms. The molecule has 2 aromatic carbocycles. The van der Waals surface area contributed by atoms with Gasteiger partial charge in [0, 0.05) is 50.7 Å². The Morgan fingerprint density at radius 1 is 0.529 bits per heavy atom. The zero-order valence-electron chi connectivity index (χ0n) is 37.3. The van der Waals surface area contributed by atoms with Crippen LogP contribution in [0.3, 0.4) is 0 Å². The van der Waals surface area contributed by atoms with Crippen LogP contribution in [-0.2, 0) is 31.5 Å². The topological polar surface area (TPSA) is 364 Å². The van der Waals surface area contributed by atoms with Crippen molar-refractivity contribution in [2.24, 2.45) is 22.9 Å². The maximum Gasteiger partial charge on any atom is 0.416 e. The molecule has 17 N–H and O–H groups in total. The number of alkyl halides is 6. The average molecular weight is 1030 g/mol. The molecule has 21 nitrogen and oxygen atoms in total. The summed E-state index contributed by atoms with van der Waals surface area (Å²) in [6, 6.07) is 3.36. The largest absolute Gasteiger partial charge is 0.416 e. The van der Waals surface area contributed by atoms with Gasteiger partial charge in [-0.15, -0.1) is 23.5 Å². The van der Waals surface area contributed by atoms with Crippen molar-refractivity contribution in [2.75, 3.05) is 65.5 Å². The lowest BCUT2D eigenvalue weighted by Gasteiger charge is -2.20. The van der Waals surface area contributed by atoms with E-state index in [4.69, 9.17) is 33.8 Å². The number of nitrogens with zero attached hydrogens (tertiary/aromatic N) is 2. The van der Waals surface area contributed by atoms with E-state index in [1.807, 2.05) is 0 Å². The quantitative estimate of drug-likeness (QED) is 0.0170. The Morgan fingerprint density at radius 3 is 1.36 bits per heavy atom. The summed E-state index contributed by atoms with van der Waals surface area (Å²) in [6.45, 7) is -0.123. The standard InChI is InChI=1S/C41H53F6N15O6S2/c42-40(43,44)22-14-25(59-31(64)7-1-3-9-55-38(50)51)34(69-12-5-6-24(63)19-48)27(16-22)61-36(67)29-18-30(58-21-57-29)37(68)62-28-17-23(41(45,46)47)15-26(35(28)70-13-11-54-33(66)20-49)60-32(65)8-2-4-10-56-39(52)53/h14-18,21H,1-13,19-20,48-49H2,(H,54,66)(H,59,64)(H,60,65)(H,61,67)(H,62,68)(H4,50,51,55)(H4,52,53,56). The molecule has 3 rings (SSSR count). The van der Waals surface area contributed by atoms with Gasteiger partial charge in [0.25, 0.3) is 11.8 Å². The van der Waals surface area contributed by atoms with E-state index in [1.54, 1.807) is 0 Å². The maximum absolute atomic E-state index is 14.3. The van der Waals surface area contributed by atoms with Crippen molar-refractivity contribution >= 4 is 93.5 Å². The number of hydrogen-bond acceptors (Lipinski definition) is 14. The second-order valence-corrected chi connectivity index (χ2v) is 17.0. The lowest BCUT2D eigenvalue weighted by molar-refractivity contribution is -0.138. The summed E-state index contributed by atoms with van der Waals surface area (Å²) in [6.07, 6.45) is -8.06. The highest BCUT2D eigenvalue weighted by Crippen LogP contribution is 2.43. The third kappa shape index (κ3) is 20.1. The monoisotopic (exact) mass is 1030 g/mol. The molecule has 0 saturated heterocycles. The van der Waals surface area contributed by atoms with Crippen molar-refractivity contribution in [1.82, 2.24) is 25.9 Å². The number of amides is 5. The first-order valence-corrected chi connectivity index (χ1v) is 23.1. The second-order valence-electron chi connectivity index (χ2n) is 14.8. The Balaban J connectivity index is 2.02. The van der Waals surface area contributed by atoms with Gasteiger partial charge in [0.05, 0.1) is 56.8 Å². The third-order valence-electron chi connectivity index (χ3n) is 9.23. The van der Waals surface area contributed by atoms with Gasteiger partial charge in [-0.3, -0.25) is 39.6 Å². The van der Waals surface area contributed by atoms with Crippen LogP contribution in [0.1, 0.15) is 83.5 Å². The second kappa shape index (κ2) is 28.1. The number of carbonyl (C=O) groups excluding carboxylic acids is 6. The molecular weight excluding hydrogens is 977 g/mol. The normalized spacial score (nSPS) is 11.3. The minimum absolute atomic E-state index is 0.00432. The molecule has 382 valence electrons. The van der Waals surface area contributed by atoms with Crippen LogP contribution in [0.5, 0.6) is 0 Å². The predicted molar refractivity (Wildman–Crippen MR) is 252 cm³/mol. The summed E-state index contributed by atoms with van der Waals surface area (Å²) in [7, 11) is 0. The molecule has 0 atom stereocenters. The summed E-state index contributed by atoms with van der Waals surface area (Å²) >= 11 is 1.76.